The molecule has 0 spiro atoms. The Balaban J connectivity index is 0.00000196. The van der Waals surface area contributed by atoms with Crippen LogP contribution in [0.4, 0.5) is 0 Å². The predicted molar refractivity (Wildman–Crippen MR) is 113 cm³/mol. The van der Waals surface area contributed by atoms with Crippen molar-refractivity contribution in [2.45, 2.75) is 52.1 Å². The van der Waals surface area contributed by atoms with E-state index >= 15 is 0 Å². The van der Waals surface area contributed by atoms with Gasteiger partial charge in [0.2, 0.25) is 11.8 Å². The summed E-state index contributed by atoms with van der Waals surface area (Å²) in [7, 11) is 0. The lowest BCUT2D eigenvalue weighted by molar-refractivity contribution is -0.124. The number of hydrogen-bond acceptors (Lipinski definition) is 6. The van der Waals surface area contributed by atoms with Gasteiger partial charge in [-0.2, -0.15) is 0 Å². The van der Waals surface area contributed by atoms with Crippen LogP contribution in [0.1, 0.15) is 43.0 Å². The number of aromatic nitrogens is 1. The van der Waals surface area contributed by atoms with Crippen molar-refractivity contribution in [3.63, 3.8) is 0 Å². The van der Waals surface area contributed by atoms with Gasteiger partial charge in [-0.1, -0.05) is 0 Å². The molecule has 0 radical (unpaired) electrons. The Morgan fingerprint density at radius 2 is 1.86 bits per heavy atom. The second-order valence-electron chi connectivity index (χ2n) is 7.69. The number of nitrogens with two attached hydrogens (primary N) is 1. The first-order chi connectivity index (χ1) is 12.5. The van der Waals surface area contributed by atoms with E-state index in [2.05, 4.69) is 15.2 Å². The van der Waals surface area contributed by atoms with E-state index in [0.29, 0.717) is 19.1 Å². The molecule has 7 nitrogen and oxygen atoms in total. The zero-order valence-electron chi connectivity index (χ0n) is 16.8. The zero-order chi connectivity index (χ0) is 18.5. The lowest BCUT2D eigenvalue weighted by atomic mass is 9.91. The number of likely N-dealkylation sites (tertiary alicyclic amines) is 1. The highest BCUT2D eigenvalue weighted by atomic mass is 35.5. The summed E-state index contributed by atoms with van der Waals surface area (Å²) < 4.78 is 11.0. The number of carbonyl (C=O) groups is 1. The van der Waals surface area contributed by atoms with Crippen LogP contribution in [0.25, 0.3) is 0 Å². The topological polar surface area (TPSA) is 93.6 Å². The molecule has 0 aromatic carbocycles. The number of ether oxygens (including phenoxy) is 1. The van der Waals surface area contributed by atoms with Gasteiger partial charge in [0.15, 0.2) is 0 Å². The van der Waals surface area contributed by atoms with Gasteiger partial charge in [-0.25, -0.2) is 4.98 Å². The Bertz CT molecular complexity index is 580. The van der Waals surface area contributed by atoms with Crippen LogP contribution in [0, 0.1) is 25.7 Å². The Morgan fingerprint density at radius 3 is 2.43 bits per heavy atom. The molecule has 2 fully saturated rings. The van der Waals surface area contributed by atoms with Gasteiger partial charge in [-0.05, 0) is 64.5 Å². The third-order valence-corrected chi connectivity index (χ3v) is 5.78. The van der Waals surface area contributed by atoms with Crippen LogP contribution in [-0.4, -0.2) is 54.7 Å². The monoisotopic (exact) mass is 436 g/mol. The molecule has 3 rings (SSSR count). The number of nitrogens with one attached hydrogen (secondary N) is 1. The minimum absolute atomic E-state index is 0. The van der Waals surface area contributed by atoms with E-state index in [1.165, 1.54) is 0 Å². The molecule has 1 amide bonds. The summed E-state index contributed by atoms with van der Waals surface area (Å²) in [6.07, 6.45) is 3.91. The third-order valence-electron chi connectivity index (χ3n) is 5.78. The smallest absolute Gasteiger partial charge is 0.237 e. The van der Waals surface area contributed by atoms with Gasteiger partial charge in [0.05, 0.1) is 18.3 Å². The molecule has 0 aliphatic carbocycles. The van der Waals surface area contributed by atoms with Crippen LogP contribution >= 0.6 is 24.8 Å². The van der Waals surface area contributed by atoms with Gasteiger partial charge in [0, 0.05) is 19.8 Å². The Morgan fingerprint density at radius 1 is 1.21 bits per heavy atom. The Labute approximate surface area is 180 Å². The number of halogens is 2. The summed E-state index contributed by atoms with van der Waals surface area (Å²) in [5.74, 6) is 2.46. The van der Waals surface area contributed by atoms with E-state index in [9.17, 15) is 4.79 Å². The first kappa shape index (κ1) is 25.2. The molecule has 0 saturated carbocycles. The van der Waals surface area contributed by atoms with Crippen LogP contribution in [0.3, 0.4) is 0 Å². The molecule has 2 aliphatic heterocycles. The summed E-state index contributed by atoms with van der Waals surface area (Å²) >= 11 is 0. The van der Waals surface area contributed by atoms with Crippen LogP contribution in [-0.2, 0) is 16.1 Å². The van der Waals surface area contributed by atoms with Gasteiger partial charge >= 0.3 is 0 Å². The fourth-order valence-electron chi connectivity index (χ4n) is 3.80. The summed E-state index contributed by atoms with van der Waals surface area (Å²) in [5.41, 5.74) is 7.11. The van der Waals surface area contributed by atoms with Crippen LogP contribution < -0.4 is 11.1 Å². The number of oxazole rings is 1. The molecular weight excluding hydrogens is 403 g/mol. The van der Waals surface area contributed by atoms with E-state index in [1.807, 2.05) is 13.8 Å². The van der Waals surface area contributed by atoms with Gasteiger partial charge in [-0.15, -0.1) is 24.8 Å². The predicted octanol–water partition coefficient (Wildman–Crippen LogP) is 2.22. The number of piperidine rings is 1. The second-order valence-corrected chi connectivity index (χ2v) is 7.69. The normalized spacial score (nSPS) is 20.1. The van der Waals surface area contributed by atoms with Crippen molar-refractivity contribution in [1.29, 1.82) is 0 Å². The van der Waals surface area contributed by atoms with Crippen molar-refractivity contribution in [2.75, 3.05) is 32.8 Å². The van der Waals surface area contributed by atoms with E-state index in [-0.39, 0.29) is 36.6 Å². The molecule has 3 heterocycles. The van der Waals surface area contributed by atoms with Gasteiger partial charge in [0.1, 0.15) is 5.76 Å². The Hall–Kier alpha value is -0.860. The second kappa shape index (κ2) is 12.0. The highest BCUT2D eigenvalue weighted by molar-refractivity contribution is 5.85. The quantitative estimate of drug-likeness (QED) is 0.709. The number of amides is 1. The standard InChI is InChI=1S/C19H32N4O3.2ClH/c1-13-14(2)26-17(22-13)12-23-7-3-15(4-8-23)11-21-19(24)18(20)16-5-9-25-10-6-16;;/h15-16,18H,3-12,20H2,1-2H3,(H,21,24);2*1H. The molecule has 1 aromatic heterocycles. The van der Waals surface area contributed by atoms with Crippen molar-refractivity contribution in [2.24, 2.45) is 17.6 Å². The Kier molecular flexibility index (Phi) is 10.8. The molecule has 1 unspecified atom stereocenters. The first-order valence-electron chi connectivity index (χ1n) is 9.79. The van der Waals surface area contributed by atoms with Crippen molar-refractivity contribution in [1.82, 2.24) is 15.2 Å². The minimum atomic E-state index is -0.407. The molecule has 2 aliphatic rings. The maximum atomic E-state index is 12.3. The minimum Gasteiger partial charge on any atom is -0.444 e. The van der Waals surface area contributed by atoms with Crippen LogP contribution in [0.5, 0.6) is 0 Å². The lowest BCUT2D eigenvalue weighted by Gasteiger charge is -2.32. The molecule has 2 saturated heterocycles. The highest BCUT2D eigenvalue weighted by Crippen LogP contribution is 2.20. The largest absolute Gasteiger partial charge is 0.444 e. The number of aryl methyl sites for hydroxylation is 2. The van der Waals surface area contributed by atoms with Crippen molar-refractivity contribution < 1.29 is 13.9 Å². The average Bonchev–Trinajstić information content (AvgIpc) is 2.98. The first-order valence-corrected chi connectivity index (χ1v) is 9.79. The van der Waals surface area contributed by atoms with Gasteiger partial charge < -0.3 is 20.2 Å². The van der Waals surface area contributed by atoms with E-state index < -0.39 is 6.04 Å². The maximum Gasteiger partial charge on any atom is 0.237 e. The number of rotatable bonds is 6. The van der Waals surface area contributed by atoms with Gasteiger partial charge in [0.25, 0.3) is 0 Å². The number of hydrogen-bond donors (Lipinski definition) is 2. The van der Waals surface area contributed by atoms with E-state index in [1.54, 1.807) is 0 Å². The van der Waals surface area contributed by atoms with Gasteiger partial charge in [-0.3, -0.25) is 9.69 Å². The molecule has 0 bridgehead atoms. The van der Waals surface area contributed by atoms with Crippen LogP contribution in [0.15, 0.2) is 4.42 Å². The number of carbonyl (C=O) groups excluding carboxylic acids is 1. The van der Waals surface area contributed by atoms with Crippen molar-refractivity contribution in [3.05, 3.63) is 17.3 Å². The fraction of sp³-hybridized carbons (Fsp3) is 0.789. The zero-order valence-corrected chi connectivity index (χ0v) is 18.4. The molecule has 162 valence electrons. The molecule has 1 atom stereocenters. The van der Waals surface area contributed by atoms with Crippen LogP contribution in [0.2, 0.25) is 0 Å². The van der Waals surface area contributed by atoms with Crippen molar-refractivity contribution in [3.8, 4) is 0 Å². The van der Waals surface area contributed by atoms with E-state index in [4.69, 9.17) is 14.9 Å². The average molecular weight is 437 g/mol. The molecule has 28 heavy (non-hydrogen) atoms. The molecule has 9 heteroatoms. The van der Waals surface area contributed by atoms with E-state index in [0.717, 1.165) is 69.2 Å². The molecular formula is C19H34Cl2N4O3. The summed E-state index contributed by atoms with van der Waals surface area (Å²) in [5, 5.41) is 3.07. The third kappa shape index (κ3) is 6.88. The summed E-state index contributed by atoms with van der Waals surface area (Å²) in [6, 6.07) is -0.407. The lowest BCUT2D eigenvalue weighted by Crippen LogP contribution is -2.48. The maximum absolute atomic E-state index is 12.3. The SMILES string of the molecule is Cc1nc(CN2CCC(CNC(=O)C(N)C3CCOCC3)CC2)oc1C.Cl.Cl. The highest BCUT2D eigenvalue weighted by Gasteiger charge is 2.27. The number of nitrogens with zero attached hydrogens (tertiary/aromatic N) is 2. The summed E-state index contributed by atoms with van der Waals surface area (Å²) in [4.78, 5) is 19.1. The summed E-state index contributed by atoms with van der Waals surface area (Å²) in [6.45, 7) is 8.86. The molecule has 1 aromatic rings. The molecule has 3 N–H and O–H groups in total. The van der Waals surface area contributed by atoms with Crippen molar-refractivity contribution >= 4 is 30.7 Å². The fourth-order valence-corrected chi connectivity index (χ4v) is 3.80.